The van der Waals surface area contributed by atoms with E-state index in [-0.39, 0.29) is 34.4 Å². The number of sulfone groups is 1. The van der Waals surface area contributed by atoms with Gasteiger partial charge in [-0.1, -0.05) is 25.1 Å². The average Bonchev–Trinajstić information content (AvgIpc) is 3.07. The van der Waals surface area contributed by atoms with E-state index in [0.717, 1.165) is 22.9 Å². The fourth-order valence-electron chi connectivity index (χ4n) is 2.97. The Morgan fingerprint density at radius 3 is 2.74 bits per heavy atom. The number of amides is 1. The van der Waals surface area contributed by atoms with Crippen molar-refractivity contribution in [2.45, 2.75) is 31.1 Å². The molecule has 3 aromatic rings. The van der Waals surface area contributed by atoms with E-state index in [0.29, 0.717) is 6.42 Å². The van der Waals surface area contributed by atoms with Crippen molar-refractivity contribution in [3.63, 3.8) is 0 Å². The largest absolute Gasteiger partial charge is 0.506 e. The SMILES string of the molecule is CCS(=O)(=O)c1ccc(O)c(NC(=O)CCCc2c[nH]c3ccccc23)c1. The van der Waals surface area contributed by atoms with Gasteiger partial charge in [0.25, 0.3) is 0 Å². The highest BCUT2D eigenvalue weighted by Gasteiger charge is 2.15. The Bertz CT molecular complexity index is 1070. The first-order valence-electron chi connectivity index (χ1n) is 8.81. The standard InChI is InChI=1S/C20H22N2O4S/c1-2-27(25,26)15-10-11-19(23)18(12-15)22-20(24)9-5-6-14-13-21-17-8-4-3-7-16(14)17/h3-4,7-8,10-13,21,23H,2,5-6,9H2,1H3,(H,22,24). The first kappa shape index (κ1) is 19.0. The molecule has 0 spiro atoms. The molecule has 27 heavy (non-hydrogen) atoms. The van der Waals surface area contributed by atoms with Gasteiger partial charge in [-0.25, -0.2) is 8.42 Å². The zero-order valence-corrected chi connectivity index (χ0v) is 15.8. The second kappa shape index (κ2) is 7.84. The monoisotopic (exact) mass is 386 g/mol. The maximum Gasteiger partial charge on any atom is 0.224 e. The molecule has 0 radical (unpaired) electrons. The zero-order valence-electron chi connectivity index (χ0n) is 15.0. The van der Waals surface area contributed by atoms with Crippen molar-refractivity contribution in [2.75, 3.05) is 11.1 Å². The fraction of sp³-hybridized carbons (Fsp3) is 0.250. The maximum absolute atomic E-state index is 12.2. The summed E-state index contributed by atoms with van der Waals surface area (Å²) >= 11 is 0. The van der Waals surface area contributed by atoms with Gasteiger partial charge in [0.2, 0.25) is 5.91 Å². The molecule has 142 valence electrons. The van der Waals surface area contributed by atoms with E-state index >= 15 is 0 Å². The summed E-state index contributed by atoms with van der Waals surface area (Å²) in [6.45, 7) is 1.55. The maximum atomic E-state index is 12.2. The number of hydrogen-bond acceptors (Lipinski definition) is 4. The summed E-state index contributed by atoms with van der Waals surface area (Å²) in [5, 5.41) is 13.7. The molecule has 0 saturated heterocycles. The number of carbonyl (C=O) groups excluding carboxylic acids is 1. The highest BCUT2D eigenvalue weighted by molar-refractivity contribution is 7.91. The number of rotatable bonds is 7. The van der Waals surface area contributed by atoms with Crippen LogP contribution in [-0.4, -0.2) is 30.2 Å². The molecule has 0 aliphatic rings. The second-order valence-electron chi connectivity index (χ2n) is 6.34. The second-order valence-corrected chi connectivity index (χ2v) is 8.62. The van der Waals surface area contributed by atoms with Crippen molar-refractivity contribution in [2.24, 2.45) is 0 Å². The van der Waals surface area contributed by atoms with Crippen LogP contribution in [0.2, 0.25) is 0 Å². The summed E-state index contributed by atoms with van der Waals surface area (Å²) in [7, 11) is -3.41. The highest BCUT2D eigenvalue weighted by atomic mass is 32.2. The van der Waals surface area contributed by atoms with Crippen LogP contribution in [0.4, 0.5) is 5.69 Å². The number of anilines is 1. The van der Waals surface area contributed by atoms with Gasteiger partial charge in [0, 0.05) is 23.5 Å². The van der Waals surface area contributed by atoms with Gasteiger partial charge in [-0.05, 0) is 42.7 Å². The van der Waals surface area contributed by atoms with E-state index in [2.05, 4.69) is 10.3 Å². The Hall–Kier alpha value is -2.80. The van der Waals surface area contributed by atoms with E-state index in [1.807, 2.05) is 30.5 Å². The summed E-state index contributed by atoms with van der Waals surface area (Å²) in [5.41, 5.74) is 2.33. The van der Waals surface area contributed by atoms with Gasteiger partial charge in [0.05, 0.1) is 16.3 Å². The lowest BCUT2D eigenvalue weighted by Crippen LogP contribution is -2.12. The minimum atomic E-state index is -3.41. The molecule has 0 fully saturated rings. The van der Waals surface area contributed by atoms with Gasteiger partial charge in [-0.3, -0.25) is 4.79 Å². The molecular formula is C20H22N2O4S. The van der Waals surface area contributed by atoms with Crippen molar-refractivity contribution >= 4 is 32.3 Å². The van der Waals surface area contributed by atoms with Crippen LogP contribution in [-0.2, 0) is 21.1 Å². The zero-order chi connectivity index (χ0) is 19.4. The number of H-pyrrole nitrogens is 1. The quantitative estimate of drug-likeness (QED) is 0.540. The lowest BCUT2D eigenvalue weighted by atomic mass is 10.1. The number of aryl methyl sites for hydroxylation is 1. The van der Waals surface area contributed by atoms with Gasteiger partial charge >= 0.3 is 0 Å². The van der Waals surface area contributed by atoms with E-state index in [9.17, 15) is 18.3 Å². The summed E-state index contributed by atoms with van der Waals surface area (Å²) in [5.74, 6) is -0.471. The average molecular weight is 386 g/mol. The van der Waals surface area contributed by atoms with Crippen molar-refractivity contribution in [1.82, 2.24) is 4.98 Å². The predicted octanol–water partition coefficient (Wildman–Crippen LogP) is 3.63. The molecule has 0 unspecified atom stereocenters. The smallest absolute Gasteiger partial charge is 0.224 e. The number of benzene rings is 2. The molecule has 0 atom stereocenters. The van der Waals surface area contributed by atoms with Crippen LogP contribution in [0.15, 0.2) is 53.6 Å². The third-order valence-electron chi connectivity index (χ3n) is 4.51. The molecule has 3 N–H and O–H groups in total. The third kappa shape index (κ3) is 4.31. The highest BCUT2D eigenvalue weighted by Crippen LogP contribution is 2.27. The molecule has 2 aromatic carbocycles. The van der Waals surface area contributed by atoms with Crippen molar-refractivity contribution in [3.8, 4) is 5.75 Å². The minimum absolute atomic E-state index is 0.0459. The molecule has 1 amide bonds. The summed E-state index contributed by atoms with van der Waals surface area (Å²) in [6, 6.07) is 11.9. The van der Waals surface area contributed by atoms with Crippen LogP contribution in [0.25, 0.3) is 10.9 Å². The van der Waals surface area contributed by atoms with Crippen molar-refractivity contribution in [1.29, 1.82) is 0 Å². The predicted molar refractivity (Wildman–Crippen MR) is 106 cm³/mol. The number of para-hydroxylation sites is 1. The number of aromatic amines is 1. The Morgan fingerprint density at radius 1 is 1.19 bits per heavy atom. The van der Waals surface area contributed by atoms with Crippen LogP contribution >= 0.6 is 0 Å². The summed E-state index contributed by atoms with van der Waals surface area (Å²) < 4.78 is 23.9. The van der Waals surface area contributed by atoms with Gasteiger partial charge in [-0.15, -0.1) is 0 Å². The molecule has 6 nitrogen and oxygen atoms in total. The third-order valence-corrected chi connectivity index (χ3v) is 6.24. The summed E-state index contributed by atoms with van der Waals surface area (Å²) in [6.07, 6.45) is 3.60. The fourth-order valence-corrected chi connectivity index (χ4v) is 3.87. The topological polar surface area (TPSA) is 99.3 Å². The lowest BCUT2D eigenvalue weighted by molar-refractivity contribution is -0.116. The number of fused-ring (bicyclic) bond motifs is 1. The molecular weight excluding hydrogens is 364 g/mol. The molecule has 0 aliphatic heterocycles. The number of aromatic nitrogens is 1. The van der Waals surface area contributed by atoms with Crippen LogP contribution < -0.4 is 5.32 Å². The van der Waals surface area contributed by atoms with Gasteiger partial charge in [0.1, 0.15) is 5.75 Å². The summed E-state index contributed by atoms with van der Waals surface area (Å²) in [4.78, 5) is 15.5. The van der Waals surface area contributed by atoms with Gasteiger partial charge in [0.15, 0.2) is 9.84 Å². The molecule has 3 rings (SSSR count). The van der Waals surface area contributed by atoms with Crippen LogP contribution in [0.5, 0.6) is 5.75 Å². The van der Waals surface area contributed by atoms with E-state index < -0.39 is 9.84 Å². The molecule has 1 heterocycles. The Kier molecular flexibility index (Phi) is 5.51. The molecule has 1 aromatic heterocycles. The molecule has 0 saturated carbocycles. The van der Waals surface area contributed by atoms with Crippen molar-refractivity contribution in [3.05, 3.63) is 54.2 Å². The number of carbonyl (C=O) groups is 1. The molecule has 0 bridgehead atoms. The van der Waals surface area contributed by atoms with E-state index in [1.54, 1.807) is 6.92 Å². The first-order chi connectivity index (χ1) is 12.9. The Labute approximate surface area is 158 Å². The number of aromatic hydroxyl groups is 1. The van der Waals surface area contributed by atoms with Crippen LogP contribution in [0, 0.1) is 0 Å². The molecule has 7 heteroatoms. The molecule has 0 aliphatic carbocycles. The van der Waals surface area contributed by atoms with Crippen LogP contribution in [0.3, 0.4) is 0 Å². The van der Waals surface area contributed by atoms with Gasteiger partial charge < -0.3 is 15.4 Å². The number of hydrogen-bond donors (Lipinski definition) is 3. The number of nitrogens with one attached hydrogen (secondary N) is 2. The lowest BCUT2D eigenvalue weighted by Gasteiger charge is -2.09. The van der Waals surface area contributed by atoms with Crippen LogP contribution in [0.1, 0.15) is 25.3 Å². The van der Waals surface area contributed by atoms with Crippen molar-refractivity contribution < 1.29 is 18.3 Å². The number of phenols is 1. The van der Waals surface area contributed by atoms with E-state index in [4.69, 9.17) is 0 Å². The Balaban J connectivity index is 1.62. The number of phenolic OH excluding ortho intramolecular Hbond substituents is 1. The Morgan fingerprint density at radius 2 is 1.96 bits per heavy atom. The normalized spacial score (nSPS) is 11.6. The van der Waals surface area contributed by atoms with Gasteiger partial charge in [-0.2, -0.15) is 0 Å². The minimum Gasteiger partial charge on any atom is -0.506 e. The first-order valence-corrected chi connectivity index (χ1v) is 10.5. The van der Waals surface area contributed by atoms with E-state index in [1.165, 1.54) is 18.2 Å².